The first-order valence-corrected chi connectivity index (χ1v) is 7.50. The summed E-state index contributed by atoms with van der Waals surface area (Å²) in [5.41, 5.74) is 5.18. The lowest BCUT2D eigenvalue weighted by Gasteiger charge is -2.33. The molecule has 1 atom stereocenters. The van der Waals surface area contributed by atoms with Crippen molar-refractivity contribution in [2.24, 2.45) is 5.92 Å². The van der Waals surface area contributed by atoms with Gasteiger partial charge < -0.3 is 14.2 Å². The quantitative estimate of drug-likeness (QED) is 0.785. The third-order valence-corrected chi connectivity index (χ3v) is 3.85. The summed E-state index contributed by atoms with van der Waals surface area (Å²) in [4.78, 5) is 39.2. The lowest BCUT2D eigenvalue weighted by molar-refractivity contribution is -0.127. The number of carbonyl (C=O) groups is 3. The third-order valence-electron chi connectivity index (χ3n) is 3.85. The van der Waals surface area contributed by atoms with Gasteiger partial charge in [0.2, 0.25) is 5.91 Å². The highest BCUT2D eigenvalue weighted by molar-refractivity contribution is 5.96. The Bertz CT molecular complexity index is 596. The van der Waals surface area contributed by atoms with E-state index >= 15 is 0 Å². The van der Waals surface area contributed by atoms with E-state index in [1.807, 2.05) is 0 Å². The number of hydrogen-bond acceptors (Lipinski definition) is 4. The number of hydrogen-bond donors (Lipinski definition) is 2. The minimum Gasteiger partial charge on any atom is -0.469 e. The first-order valence-electron chi connectivity index (χ1n) is 7.50. The van der Waals surface area contributed by atoms with Gasteiger partial charge in [-0.1, -0.05) is 0 Å². The van der Waals surface area contributed by atoms with Crippen LogP contribution < -0.4 is 10.9 Å². The summed E-state index contributed by atoms with van der Waals surface area (Å²) in [6, 6.07) is 1.43. The van der Waals surface area contributed by atoms with E-state index in [9.17, 15) is 14.4 Å². The number of aryl methyl sites for hydroxylation is 1. The first-order chi connectivity index (χ1) is 10.9. The van der Waals surface area contributed by atoms with Crippen molar-refractivity contribution in [2.45, 2.75) is 19.8 Å². The maximum absolute atomic E-state index is 12.2. The fourth-order valence-electron chi connectivity index (χ4n) is 2.56. The van der Waals surface area contributed by atoms with Crippen molar-refractivity contribution in [3.05, 3.63) is 23.7 Å². The van der Waals surface area contributed by atoms with Gasteiger partial charge in [0.05, 0.1) is 17.7 Å². The van der Waals surface area contributed by atoms with Gasteiger partial charge >= 0.3 is 6.03 Å². The Morgan fingerprint density at radius 1 is 1.30 bits per heavy atom. The van der Waals surface area contributed by atoms with Crippen molar-refractivity contribution in [1.82, 2.24) is 20.7 Å². The van der Waals surface area contributed by atoms with E-state index in [1.54, 1.807) is 25.9 Å². The zero-order chi connectivity index (χ0) is 17.0. The first kappa shape index (κ1) is 16.9. The molecule has 0 aromatic carbocycles. The molecule has 0 saturated carbocycles. The van der Waals surface area contributed by atoms with Gasteiger partial charge in [-0.3, -0.25) is 20.4 Å². The average Bonchev–Trinajstić information content (AvgIpc) is 2.97. The Hall–Kier alpha value is -2.51. The average molecular weight is 322 g/mol. The predicted molar refractivity (Wildman–Crippen MR) is 82.4 cm³/mol. The standard InChI is InChI=1S/C15H22N4O4/c1-10-12(6-8-23-10)14(21)17-16-13(20)11-5-4-7-19(9-11)15(22)18(2)3/h6,8,11H,4-5,7,9H2,1-3H3,(H,16,20)(H,17,21)/t11-/m0/s1. The molecule has 23 heavy (non-hydrogen) atoms. The third kappa shape index (κ3) is 4.02. The van der Waals surface area contributed by atoms with Gasteiger partial charge in [-0.15, -0.1) is 0 Å². The second-order valence-corrected chi connectivity index (χ2v) is 5.80. The minimum atomic E-state index is -0.429. The molecule has 2 rings (SSSR count). The van der Waals surface area contributed by atoms with Crippen LogP contribution in [0.25, 0.3) is 0 Å². The Morgan fingerprint density at radius 3 is 2.65 bits per heavy atom. The number of rotatable bonds is 2. The summed E-state index contributed by atoms with van der Waals surface area (Å²) in [5.74, 6) is -0.576. The van der Waals surface area contributed by atoms with Crippen molar-refractivity contribution in [3.8, 4) is 0 Å². The number of piperidine rings is 1. The van der Waals surface area contributed by atoms with Crippen LogP contribution in [0.15, 0.2) is 16.7 Å². The molecule has 8 heteroatoms. The maximum Gasteiger partial charge on any atom is 0.319 e. The van der Waals surface area contributed by atoms with Crippen LogP contribution in [-0.4, -0.2) is 54.8 Å². The molecule has 1 aromatic rings. The van der Waals surface area contributed by atoms with Crippen molar-refractivity contribution < 1.29 is 18.8 Å². The van der Waals surface area contributed by atoms with Gasteiger partial charge in [0.15, 0.2) is 0 Å². The number of carbonyl (C=O) groups excluding carboxylic acids is 3. The Morgan fingerprint density at radius 2 is 2.04 bits per heavy atom. The zero-order valence-corrected chi connectivity index (χ0v) is 13.6. The molecule has 4 amide bonds. The topological polar surface area (TPSA) is 94.9 Å². The molecule has 0 bridgehead atoms. The molecule has 1 fully saturated rings. The smallest absolute Gasteiger partial charge is 0.319 e. The van der Waals surface area contributed by atoms with Crippen LogP contribution in [0.2, 0.25) is 0 Å². The Kier molecular flexibility index (Phi) is 5.25. The highest BCUT2D eigenvalue weighted by Crippen LogP contribution is 2.17. The number of likely N-dealkylation sites (tertiary alicyclic amines) is 1. The molecule has 1 aliphatic heterocycles. The van der Waals surface area contributed by atoms with Crippen molar-refractivity contribution >= 4 is 17.8 Å². The lowest BCUT2D eigenvalue weighted by atomic mass is 9.97. The van der Waals surface area contributed by atoms with Crippen LogP contribution >= 0.6 is 0 Å². The highest BCUT2D eigenvalue weighted by Gasteiger charge is 2.29. The highest BCUT2D eigenvalue weighted by atomic mass is 16.3. The number of urea groups is 1. The normalized spacial score (nSPS) is 17.5. The minimum absolute atomic E-state index is 0.111. The SMILES string of the molecule is Cc1occc1C(=O)NNC(=O)[C@H]1CCCN(C(=O)N(C)C)C1. The number of hydrazine groups is 1. The molecule has 0 aliphatic carbocycles. The van der Waals surface area contributed by atoms with Crippen molar-refractivity contribution in [3.63, 3.8) is 0 Å². The molecule has 1 saturated heterocycles. The molecular formula is C15H22N4O4. The van der Waals surface area contributed by atoms with E-state index in [4.69, 9.17) is 4.42 Å². The van der Waals surface area contributed by atoms with Gasteiger partial charge in [0.25, 0.3) is 5.91 Å². The molecule has 0 unspecified atom stereocenters. The van der Waals surface area contributed by atoms with E-state index < -0.39 is 5.91 Å². The van der Waals surface area contributed by atoms with Gasteiger partial charge in [-0.25, -0.2) is 4.79 Å². The summed E-state index contributed by atoms with van der Waals surface area (Å²) in [5, 5.41) is 0. The Labute approximate surface area is 134 Å². The Balaban J connectivity index is 1.87. The maximum atomic E-state index is 12.2. The van der Waals surface area contributed by atoms with E-state index in [0.29, 0.717) is 30.8 Å². The second-order valence-electron chi connectivity index (χ2n) is 5.80. The molecular weight excluding hydrogens is 300 g/mol. The number of nitrogens with one attached hydrogen (secondary N) is 2. The van der Waals surface area contributed by atoms with Gasteiger partial charge in [-0.05, 0) is 25.8 Å². The van der Waals surface area contributed by atoms with Crippen LogP contribution in [0.4, 0.5) is 4.79 Å². The zero-order valence-electron chi connectivity index (χ0n) is 13.6. The second kappa shape index (κ2) is 7.17. The number of furan rings is 1. The molecule has 126 valence electrons. The van der Waals surface area contributed by atoms with Crippen LogP contribution in [0.3, 0.4) is 0 Å². The van der Waals surface area contributed by atoms with Gasteiger partial charge in [0.1, 0.15) is 5.76 Å². The monoisotopic (exact) mass is 322 g/mol. The van der Waals surface area contributed by atoms with E-state index in [-0.39, 0.29) is 17.9 Å². The van der Waals surface area contributed by atoms with Gasteiger partial charge in [-0.2, -0.15) is 0 Å². The number of amides is 4. The van der Waals surface area contributed by atoms with E-state index in [0.717, 1.165) is 6.42 Å². The molecule has 2 heterocycles. The van der Waals surface area contributed by atoms with Crippen molar-refractivity contribution in [1.29, 1.82) is 0 Å². The van der Waals surface area contributed by atoms with E-state index in [2.05, 4.69) is 10.9 Å². The molecule has 8 nitrogen and oxygen atoms in total. The molecule has 1 aliphatic rings. The van der Waals surface area contributed by atoms with E-state index in [1.165, 1.54) is 17.2 Å². The summed E-state index contributed by atoms with van der Waals surface area (Å²) < 4.78 is 5.05. The molecule has 0 spiro atoms. The van der Waals surface area contributed by atoms with Crippen LogP contribution in [0, 0.1) is 12.8 Å². The summed E-state index contributed by atoms with van der Waals surface area (Å²) >= 11 is 0. The summed E-state index contributed by atoms with van der Waals surface area (Å²) in [6.45, 7) is 2.66. The number of nitrogens with zero attached hydrogens (tertiary/aromatic N) is 2. The summed E-state index contributed by atoms with van der Waals surface area (Å²) in [6.07, 6.45) is 2.86. The summed E-state index contributed by atoms with van der Waals surface area (Å²) in [7, 11) is 3.36. The molecule has 2 N–H and O–H groups in total. The van der Waals surface area contributed by atoms with Gasteiger partial charge in [0, 0.05) is 27.2 Å². The van der Waals surface area contributed by atoms with Crippen LogP contribution in [-0.2, 0) is 4.79 Å². The fraction of sp³-hybridized carbons (Fsp3) is 0.533. The van der Waals surface area contributed by atoms with Crippen molar-refractivity contribution in [2.75, 3.05) is 27.2 Å². The van der Waals surface area contributed by atoms with Crippen LogP contribution in [0.5, 0.6) is 0 Å². The molecule has 1 aromatic heterocycles. The predicted octanol–water partition coefficient (Wildman–Crippen LogP) is 0.743. The van der Waals surface area contributed by atoms with Crippen LogP contribution in [0.1, 0.15) is 29.0 Å². The fourth-order valence-corrected chi connectivity index (χ4v) is 2.56. The lowest BCUT2D eigenvalue weighted by Crippen LogP contribution is -2.51. The molecule has 0 radical (unpaired) electrons. The largest absolute Gasteiger partial charge is 0.469 e.